The lowest BCUT2D eigenvalue weighted by atomic mass is 10.2. The number of nitrogens with one attached hydrogen (secondary N) is 1. The summed E-state index contributed by atoms with van der Waals surface area (Å²) in [6, 6.07) is 17.4. The van der Waals surface area contributed by atoms with Crippen LogP contribution < -0.4 is 14.8 Å². The third-order valence-corrected chi connectivity index (χ3v) is 4.52. The molecule has 0 radical (unpaired) electrons. The lowest BCUT2D eigenvalue weighted by molar-refractivity contribution is -0.130. The number of hydrogen-bond donors (Lipinski definition) is 1. The molecule has 6 nitrogen and oxygen atoms in total. The van der Waals surface area contributed by atoms with Gasteiger partial charge >= 0.3 is 0 Å². The Balaban J connectivity index is 1.37. The molecule has 0 aliphatic carbocycles. The van der Waals surface area contributed by atoms with Crippen LogP contribution in [0.15, 0.2) is 60.8 Å². The van der Waals surface area contributed by atoms with E-state index in [0.717, 1.165) is 17.1 Å². The van der Waals surface area contributed by atoms with Crippen molar-refractivity contribution in [1.29, 1.82) is 0 Å². The van der Waals surface area contributed by atoms with E-state index in [0.29, 0.717) is 24.6 Å². The van der Waals surface area contributed by atoms with Crippen LogP contribution in [0, 0.1) is 6.92 Å². The molecule has 0 saturated heterocycles. The molecule has 0 spiro atoms. The Bertz CT molecular complexity index is 937. The minimum atomic E-state index is -0.641. The highest BCUT2D eigenvalue weighted by Crippen LogP contribution is 2.30. The number of carbonyl (C=O) groups excluding carboxylic acids is 1. The second kappa shape index (κ2) is 7.53. The molecule has 0 fully saturated rings. The molecule has 3 aromatic rings. The summed E-state index contributed by atoms with van der Waals surface area (Å²) in [6.07, 6.45) is 1.21. The minimum absolute atomic E-state index is 0.177. The van der Waals surface area contributed by atoms with Gasteiger partial charge in [0, 0.05) is 30.5 Å². The van der Waals surface area contributed by atoms with Gasteiger partial charge in [0.15, 0.2) is 11.5 Å². The molecular weight excluding hydrogens is 342 g/mol. The number of rotatable bonds is 5. The van der Waals surface area contributed by atoms with Crippen molar-refractivity contribution >= 4 is 5.91 Å². The van der Waals surface area contributed by atoms with E-state index < -0.39 is 6.10 Å². The second-order valence-electron chi connectivity index (χ2n) is 6.40. The molecule has 1 aliphatic rings. The van der Waals surface area contributed by atoms with Gasteiger partial charge in [-0.3, -0.25) is 4.79 Å². The van der Waals surface area contributed by atoms with Gasteiger partial charge in [0.25, 0.3) is 5.91 Å². The van der Waals surface area contributed by atoms with Gasteiger partial charge in [-0.2, -0.15) is 0 Å². The van der Waals surface area contributed by atoms with Gasteiger partial charge < -0.3 is 19.4 Å². The molecule has 27 heavy (non-hydrogen) atoms. The molecule has 1 aromatic heterocycles. The van der Waals surface area contributed by atoms with Gasteiger partial charge in [0.2, 0.25) is 6.10 Å². The number of ether oxygens (including phenoxy) is 2. The van der Waals surface area contributed by atoms with Crippen LogP contribution >= 0.6 is 0 Å². The van der Waals surface area contributed by atoms with Crippen LogP contribution in [-0.2, 0) is 11.3 Å². The second-order valence-corrected chi connectivity index (χ2v) is 6.40. The van der Waals surface area contributed by atoms with Gasteiger partial charge in [-0.05, 0) is 19.1 Å². The van der Waals surface area contributed by atoms with Gasteiger partial charge in [0.1, 0.15) is 12.4 Å². The number of fused-ring (bicyclic) bond motifs is 1. The summed E-state index contributed by atoms with van der Waals surface area (Å²) in [5.74, 6) is 1.99. The monoisotopic (exact) mass is 363 g/mol. The molecule has 0 saturated carbocycles. The lowest BCUT2D eigenvalue weighted by Crippen LogP contribution is -2.44. The van der Waals surface area contributed by atoms with E-state index in [1.165, 1.54) is 0 Å². The predicted molar refractivity (Wildman–Crippen MR) is 102 cm³/mol. The number of benzene rings is 2. The Hall–Kier alpha value is -3.28. The van der Waals surface area contributed by atoms with Crippen molar-refractivity contribution in [3.63, 3.8) is 0 Å². The van der Waals surface area contributed by atoms with Crippen molar-refractivity contribution in [2.45, 2.75) is 19.6 Å². The summed E-state index contributed by atoms with van der Waals surface area (Å²) in [4.78, 5) is 16.9. The van der Waals surface area contributed by atoms with Crippen LogP contribution in [0.5, 0.6) is 11.5 Å². The summed E-state index contributed by atoms with van der Waals surface area (Å²) in [5, 5.41) is 2.93. The maximum Gasteiger partial charge on any atom is 0.264 e. The molecule has 1 amide bonds. The van der Waals surface area contributed by atoms with Gasteiger partial charge in [-0.1, -0.05) is 42.5 Å². The molecule has 1 atom stereocenters. The first kappa shape index (κ1) is 17.1. The number of para-hydroxylation sites is 2. The van der Waals surface area contributed by atoms with Crippen molar-refractivity contribution in [1.82, 2.24) is 14.9 Å². The number of hydrogen-bond acceptors (Lipinski definition) is 4. The highest BCUT2D eigenvalue weighted by atomic mass is 16.6. The summed E-state index contributed by atoms with van der Waals surface area (Å²) in [6.45, 7) is 3.34. The minimum Gasteiger partial charge on any atom is -0.485 e. The Morgan fingerprint density at radius 2 is 1.89 bits per heavy atom. The summed E-state index contributed by atoms with van der Waals surface area (Å²) in [7, 11) is 0. The molecule has 2 aromatic carbocycles. The normalized spacial score (nSPS) is 15.4. The van der Waals surface area contributed by atoms with E-state index in [1.807, 2.05) is 61.7 Å². The van der Waals surface area contributed by atoms with E-state index >= 15 is 0 Å². The van der Waals surface area contributed by atoms with Gasteiger partial charge in [-0.15, -0.1) is 0 Å². The van der Waals surface area contributed by atoms with Crippen LogP contribution in [0.25, 0.3) is 11.4 Å². The van der Waals surface area contributed by atoms with Gasteiger partial charge in [0.05, 0.1) is 0 Å². The predicted octanol–water partition coefficient (Wildman–Crippen LogP) is 2.81. The third-order valence-electron chi connectivity index (χ3n) is 4.52. The molecule has 138 valence electrons. The quantitative estimate of drug-likeness (QED) is 0.757. The van der Waals surface area contributed by atoms with Crippen LogP contribution in [0.2, 0.25) is 0 Å². The molecule has 0 bridgehead atoms. The molecule has 4 rings (SSSR count). The van der Waals surface area contributed by atoms with Crippen molar-refractivity contribution in [2.75, 3.05) is 13.2 Å². The molecule has 6 heteroatoms. The first-order valence-electron chi connectivity index (χ1n) is 8.96. The average molecular weight is 363 g/mol. The average Bonchev–Trinajstić information content (AvgIpc) is 3.08. The highest BCUT2D eigenvalue weighted by Gasteiger charge is 2.26. The Morgan fingerprint density at radius 3 is 2.70 bits per heavy atom. The molecule has 1 N–H and O–H groups in total. The Labute approximate surface area is 157 Å². The van der Waals surface area contributed by atoms with Crippen LogP contribution in [0.3, 0.4) is 0 Å². The van der Waals surface area contributed by atoms with E-state index in [9.17, 15) is 4.79 Å². The number of nitrogens with zero attached hydrogens (tertiary/aromatic N) is 2. The number of aromatic nitrogens is 2. The van der Waals surface area contributed by atoms with E-state index in [-0.39, 0.29) is 12.5 Å². The summed E-state index contributed by atoms with van der Waals surface area (Å²) < 4.78 is 13.4. The fourth-order valence-electron chi connectivity index (χ4n) is 3.11. The lowest BCUT2D eigenvalue weighted by Gasteiger charge is -2.25. The topological polar surface area (TPSA) is 65.4 Å². The zero-order valence-electron chi connectivity index (χ0n) is 15.1. The van der Waals surface area contributed by atoms with Crippen LogP contribution in [0.4, 0.5) is 0 Å². The standard InChI is InChI=1S/C21H21N3O3/c1-15-13-23-20(16-7-3-2-4-8-16)24(15)12-11-22-21(25)19-14-26-17-9-5-6-10-18(17)27-19/h2-10,13,19H,11-12,14H2,1H3,(H,22,25). The number of amides is 1. The molecule has 2 heterocycles. The van der Waals surface area contributed by atoms with E-state index in [1.54, 1.807) is 6.07 Å². The maximum absolute atomic E-state index is 12.4. The van der Waals surface area contributed by atoms with Crippen molar-refractivity contribution in [3.05, 3.63) is 66.5 Å². The highest BCUT2D eigenvalue weighted by molar-refractivity contribution is 5.81. The first-order valence-corrected chi connectivity index (χ1v) is 8.96. The van der Waals surface area contributed by atoms with Crippen molar-refractivity contribution in [2.24, 2.45) is 0 Å². The fraction of sp³-hybridized carbons (Fsp3) is 0.238. The van der Waals surface area contributed by atoms with Crippen molar-refractivity contribution < 1.29 is 14.3 Å². The molecule has 1 unspecified atom stereocenters. The number of aryl methyl sites for hydroxylation is 1. The summed E-state index contributed by atoms with van der Waals surface area (Å²) in [5.41, 5.74) is 2.10. The van der Waals surface area contributed by atoms with Crippen molar-refractivity contribution in [3.8, 4) is 22.9 Å². The smallest absolute Gasteiger partial charge is 0.264 e. The van der Waals surface area contributed by atoms with Crippen LogP contribution in [0.1, 0.15) is 5.69 Å². The van der Waals surface area contributed by atoms with Gasteiger partial charge in [-0.25, -0.2) is 4.98 Å². The zero-order valence-corrected chi connectivity index (χ0v) is 15.1. The zero-order chi connectivity index (χ0) is 18.6. The Kier molecular flexibility index (Phi) is 4.78. The molecular formula is C21H21N3O3. The van der Waals surface area contributed by atoms with Crippen LogP contribution in [-0.4, -0.2) is 34.7 Å². The molecule has 1 aliphatic heterocycles. The largest absolute Gasteiger partial charge is 0.485 e. The fourth-order valence-corrected chi connectivity index (χ4v) is 3.11. The van der Waals surface area contributed by atoms with E-state index in [2.05, 4.69) is 14.9 Å². The number of carbonyl (C=O) groups is 1. The maximum atomic E-state index is 12.4. The number of imidazole rings is 1. The Morgan fingerprint density at radius 1 is 1.15 bits per heavy atom. The third kappa shape index (κ3) is 3.65. The van der Waals surface area contributed by atoms with E-state index in [4.69, 9.17) is 9.47 Å². The first-order chi connectivity index (χ1) is 13.2. The summed E-state index contributed by atoms with van der Waals surface area (Å²) >= 11 is 0. The SMILES string of the molecule is Cc1cnc(-c2ccccc2)n1CCNC(=O)C1COc2ccccc2O1.